The summed E-state index contributed by atoms with van der Waals surface area (Å²) in [6.45, 7) is 4.76. The highest BCUT2D eigenvalue weighted by atomic mass is 35.5. The molecule has 1 aliphatic rings. The molecule has 8 nitrogen and oxygen atoms in total. The van der Waals surface area contributed by atoms with Gasteiger partial charge in [-0.05, 0) is 6.92 Å². The quantitative estimate of drug-likeness (QED) is 0.799. The molecule has 3 heterocycles. The Morgan fingerprint density at radius 2 is 1.92 bits per heavy atom. The number of halogens is 1. The van der Waals surface area contributed by atoms with Crippen LogP contribution in [0.1, 0.15) is 6.92 Å². The maximum Gasteiger partial charge on any atom is 0.332 e. The van der Waals surface area contributed by atoms with Crippen LogP contribution < -0.4 is 16.1 Å². The van der Waals surface area contributed by atoms with E-state index in [-0.39, 0.29) is 5.56 Å². The first-order valence-electron chi connectivity index (χ1n) is 7.73. The van der Waals surface area contributed by atoms with E-state index >= 15 is 0 Å². The van der Waals surface area contributed by atoms with Crippen LogP contribution >= 0.6 is 11.6 Å². The van der Waals surface area contributed by atoms with Crippen molar-refractivity contribution in [3.63, 3.8) is 0 Å². The van der Waals surface area contributed by atoms with Gasteiger partial charge in [0.25, 0.3) is 5.56 Å². The molecule has 1 aliphatic heterocycles. The SMILES string of the molecule is C/C(Cl)=C\Cn1c(N2CCOCC2)nc2c1c(=O)n(C)c(=O)n2C. The van der Waals surface area contributed by atoms with Gasteiger partial charge in [0.1, 0.15) is 0 Å². The molecule has 0 atom stereocenters. The fourth-order valence-corrected chi connectivity index (χ4v) is 2.90. The van der Waals surface area contributed by atoms with Crippen LogP contribution in [0.5, 0.6) is 0 Å². The fourth-order valence-electron chi connectivity index (χ4n) is 2.83. The number of nitrogens with zero attached hydrogens (tertiary/aromatic N) is 5. The molecule has 9 heteroatoms. The predicted molar refractivity (Wildman–Crippen MR) is 92.9 cm³/mol. The molecule has 130 valence electrons. The van der Waals surface area contributed by atoms with Crippen molar-refractivity contribution in [3.8, 4) is 0 Å². The Hall–Kier alpha value is -2.06. The summed E-state index contributed by atoms with van der Waals surface area (Å²) in [5, 5.41) is 0.631. The highest BCUT2D eigenvalue weighted by molar-refractivity contribution is 6.29. The average molecular weight is 354 g/mol. The van der Waals surface area contributed by atoms with Crippen molar-refractivity contribution in [2.24, 2.45) is 14.1 Å². The van der Waals surface area contributed by atoms with E-state index in [2.05, 4.69) is 9.88 Å². The van der Waals surface area contributed by atoms with Gasteiger partial charge in [-0.15, -0.1) is 0 Å². The number of ether oxygens (including phenoxy) is 1. The summed E-state index contributed by atoms with van der Waals surface area (Å²) in [4.78, 5) is 31.5. The number of aryl methyl sites for hydroxylation is 1. The Morgan fingerprint density at radius 3 is 2.54 bits per heavy atom. The van der Waals surface area contributed by atoms with Crippen LogP contribution in [0.2, 0.25) is 0 Å². The largest absolute Gasteiger partial charge is 0.378 e. The molecule has 2 aromatic heterocycles. The van der Waals surface area contributed by atoms with E-state index in [1.807, 2.05) is 10.6 Å². The summed E-state index contributed by atoms with van der Waals surface area (Å²) in [6.07, 6.45) is 1.82. The van der Waals surface area contributed by atoms with Gasteiger partial charge in [-0.1, -0.05) is 17.7 Å². The lowest BCUT2D eigenvalue weighted by molar-refractivity contribution is 0.121. The average Bonchev–Trinajstić information content (AvgIpc) is 2.96. The van der Waals surface area contributed by atoms with E-state index < -0.39 is 5.69 Å². The third-order valence-corrected chi connectivity index (χ3v) is 4.33. The number of anilines is 1. The van der Waals surface area contributed by atoms with E-state index in [4.69, 9.17) is 16.3 Å². The Balaban J connectivity index is 2.30. The van der Waals surface area contributed by atoms with Crippen LogP contribution in [0.4, 0.5) is 5.95 Å². The minimum atomic E-state index is -0.394. The smallest absolute Gasteiger partial charge is 0.332 e. The number of imidazole rings is 1. The maximum atomic E-state index is 12.7. The van der Waals surface area contributed by atoms with Crippen LogP contribution in [0, 0.1) is 0 Å². The second-order valence-corrected chi connectivity index (χ2v) is 6.39. The number of hydrogen-bond acceptors (Lipinski definition) is 5. The Kier molecular flexibility index (Phi) is 4.51. The summed E-state index contributed by atoms with van der Waals surface area (Å²) in [7, 11) is 3.09. The van der Waals surface area contributed by atoms with Crippen molar-refractivity contribution in [1.82, 2.24) is 18.7 Å². The molecule has 24 heavy (non-hydrogen) atoms. The zero-order valence-electron chi connectivity index (χ0n) is 14.0. The molecule has 0 radical (unpaired) electrons. The first-order valence-corrected chi connectivity index (χ1v) is 8.11. The van der Waals surface area contributed by atoms with Crippen molar-refractivity contribution in [1.29, 1.82) is 0 Å². The van der Waals surface area contributed by atoms with Crippen molar-refractivity contribution in [3.05, 3.63) is 31.9 Å². The molecule has 0 spiro atoms. The van der Waals surface area contributed by atoms with Gasteiger partial charge in [-0.3, -0.25) is 13.9 Å². The van der Waals surface area contributed by atoms with Crippen molar-refractivity contribution < 1.29 is 4.74 Å². The molecule has 0 bridgehead atoms. The van der Waals surface area contributed by atoms with Gasteiger partial charge in [-0.2, -0.15) is 4.98 Å². The van der Waals surface area contributed by atoms with Gasteiger partial charge in [0.2, 0.25) is 5.95 Å². The number of aromatic nitrogens is 4. The second kappa shape index (κ2) is 6.45. The Bertz CT molecular complexity index is 914. The predicted octanol–water partition coefficient (Wildman–Crippen LogP) is 0.413. The molecule has 3 rings (SSSR count). The fraction of sp³-hybridized carbons (Fsp3) is 0.533. The van der Waals surface area contributed by atoms with Crippen molar-refractivity contribution in [2.45, 2.75) is 13.5 Å². The summed E-state index contributed by atoms with van der Waals surface area (Å²) >= 11 is 5.97. The zero-order valence-corrected chi connectivity index (χ0v) is 14.7. The molecular formula is C15H20ClN5O3. The highest BCUT2D eigenvalue weighted by Gasteiger charge is 2.23. The summed E-state index contributed by atoms with van der Waals surface area (Å²) in [5.41, 5.74) is 0.0240. The van der Waals surface area contributed by atoms with E-state index in [0.717, 1.165) is 4.57 Å². The Morgan fingerprint density at radius 1 is 1.25 bits per heavy atom. The number of fused-ring (bicyclic) bond motifs is 1. The molecule has 0 aliphatic carbocycles. The maximum absolute atomic E-state index is 12.7. The molecule has 0 saturated carbocycles. The first-order chi connectivity index (χ1) is 11.4. The topological polar surface area (TPSA) is 74.3 Å². The van der Waals surface area contributed by atoms with Crippen LogP contribution in [0.15, 0.2) is 20.7 Å². The number of hydrogen-bond donors (Lipinski definition) is 0. The number of rotatable bonds is 3. The van der Waals surface area contributed by atoms with E-state index in [9.17, 15) is 9.59 Å². The molecule has 0 aromatic carbocycles. The number of morpholine rings is 1. The van der Waals surface area contributed by atoms with Gasteiger partial charge >= 0.3 is 5.69 Å². The lowest BCUT2D eigenvalue weighted by Gasteiger charge is -2.28. The Labute approximate surface area is 143 Å². The molecule has 0 N–H and O–H groups in total. The van der Waals surface area contributed by atoms with Gasteiger partial charge in [0.05, 0.1) is 13.2 Å². The molecule has 0 amide bonds. The van der Waals surface area contributed by atoms with Gasteiger partial charge in [0, 0.05) is 38.8 Å². The van der Waals surface area contributed by atoms with E-state index in [1.165, 1.54) is 11.6 Å². The van der Waals surface area contributed by atoms with Gasteiger partial charge in [-0.25, -0.2) is 4.79 Å². The second-order valence-electron chi connectivity index (χ2n) is 5.79. The summed E-state index contributed by atoms with van der Waals surface area (Å²) < 4.78 is 9.70. The monoisotopic (exact) mass is 353 g/mol. The van der Waals surface area contributed by atoms with E-state index in [1.54, 1.807) is 14.0 Å². The van der Waals surface area contributed by atoms with E-state index in [0.29, 0.717) is 55.0 Å². The molecule has 1 fully saturated rings. The summed E-state index contributed by atoms with van der Waals surface area (Å²) in [6, 6.07) is 0. The van der Waals surface area contributed by atoms with Crippen LogP contribution in [-0.4, -0.2) is 45.0 Å². The van der Waals surface area contributed by atoms with Gasteiger partial charge in [0.15, 0.2) is 11.2 Å². The third kappa shape index (κ3) is 2.76. The minimum Gasteiger partial charge on any atom is -0.378 e. The van der Waals surface area contributed by atoms with Crippen LogP contribution in [0.3, 0.4) is 0 Å². The van der Waals surface area contributed by atoms with Crippen molar-refractivity contribution >= 4 is 28.7 Å². The standard InChI is InChI=1S/C15H20ClN5O3/c1-10(16)4-5-21-11-12(18(2)15(23)19(3)13(11)22)17-14(21)20-6-8-24-9-7-20/h4H,5-9H2,1-3H3/b10-4+. The zero-order chi connectivity index (χ0) is 17.4. The lowest BCUT2D eigenvalue weighted by atomic mass is 10.4. The highest BCUT2D eigenvalue weighted by Crippen LogP contribution is 2.21. The van der Waals surface area contributed by atoms with Crippen LogP contribution in [0.25, 0.3) is 11.2 Å². The lowest BCUT2D eigenvalue weighted by Crippen LogP contribution is -2.38. The first kappa shape index (κ1) is 16.8. The van der Waals surface area contributed by atoms with Crippen LogP contribution in [-0.2, 0) is 25.4 Å². The number of allylic oxidation sites excluding steroid dienone is 2. The molecular weight excluding hydrogens is 334 g/mol. The summed E-state index contributed by atoms with van der Waals surface area (Å²) in [5.74, 6) is 0.653. The third-order valence-electron chi connectivity index (χ3n) is 4.18. The minimum absolute atomic E-state index is 0.360. The molecule has 2 aromatic rings. The van der Waals surface area contributed by atoms with Crippen molar-refractivity contribution in [2.75, 3.05) is 31.2 Å². The van der Waals surface area contributed by atoms with Gasteiger partial charge < -0.3 is 14.2 Å². The normalized spacial score (nSPS) is 16.2. The molecule has 0 unspecified atom stereocenters. The molecule has 1 saturated heterocycles.